The third-order valence-electron chi connectivity index (χ3n) is 1.90. The standard InChI is InChI=1S/C9H12N2O4/c1-3-15-8(13)6(2)11-5-4-7(12)10-9(11)14/h4-6H,3H2,1-2H3,(H,10,12,14). The molecule has 0 bridgehead atoms. The molecule has 1 heterocycles. The normalized spacial score (nSPS) is 12.1. The number of rotatable bonds is 3. The van der Waals surface area contributed by atoms with Crippen LogP contribution in [0.3, 0.4) is 0 Å². The highest BCUT2D eigenvalue weighted by Gasteiger charge is 2.16. The van der Waals surface area contributed by atoms with Gasteiger partial charge in [0.15, 0.2) is 0 Å². The summed E-state index contributed by atoms with van der Waals surface area (Å²) in [4.78, 5) is 35.4. The molecule has 0 spiro atoms. The molecule has 1 N–H and O–H groups in total. The van der Waals surface area contributed by atoms with E-state index < -0.39 is 23.3 Å². The first-order valence-electron chi connectivity index (χ1n) is 4.54. The minimum absolute atomic E-state index is 0.251. The molecule has 1 unspecified atom stereocenters. The number of nitrogens with one attached hydrogen (secondary N) is 1. The second-order valence-electron chi connectivity index (χ2n) is 2.95. The molecule has 0 amide bonds. The average Bonchev–Trinajstić information content (AvgIpc) is 2.17. The predicted molar refractivity (Wildman–Crippen MR) is 52.7 cm³/mol. The lowest BCUT2D eigenvalue weighted by Gasteiger charge is -2.12. The van der Waals surface area contributed by atoms with Crippen LogP contribution in [0.5, 0.6) is 0 Å². The van der Waals surface area contributed by atoms with E-state index in [2.05, 4.69) is 4.98 Å². The van der Waals surface area contributed by atoms with E-state index in [0.717, 1.165) is 4.57 Å². The Kier molecular flexibility index (Phi) is 3.43. The van der Waals surface area contributed by atoms with Crippen molar-refractivity contribution in [1.29, 1.82) is 0 Å². The monoisotopic (exact) mass is 212 g/mol. The number of carbonyl (C=O) groups excluding carboxylic acids is 1. The van der Waals surface area contributed by atoms with Gasteiger partial charge < -0.3 is 4.74 Å². The van der Waals surface area contributed by atoms with E-state index in [4.69, 9.17) is 4.74 Å². The fourth-order valence-corrected chi connectivity index (χ4v) is 1.11. The molecule has 15 heavy (non-hydrogen) atoms. The molecule has 1 rings (SSSR count). The number of carbonyl (C=O) groups is 1. The SMILES string of the molecule is CCOC(=O)C(C)n1ccc(=O)[nH]c1=O. The lowest BCUT2D eigenvalue weighted by atomic mass is 10.3. The van der Waals surface area contributed by atoms with Crippen molar-refractivity contribution in [2.24, 2.45) is 0 Å². The van der Waals surface area contributed by atoms with Crippen molar-refractivity contribution < 1.29 is 9.53 Å². The summed E-state index contributed by atoms with van der Waals surface area (Å²) in [5, 5.41) is 0. The molecule has 0 saturated carbocycles. The number of hydrogen-bond acceptors (Lipinski definition) is 4. The van der Waals surface area contributed by atoms with Crippen molar-refractivity contribution in [2.45, 2.75) is 19.9 Å². The highest BCUT2D eigenvalue weighted by atomic mass is 16.5. The minimum Gasteiger partial charge on any atom is -0.464 e. The van der Waals surface area contributed by atoms with Crippen LogP contribution in [0, 0.1) is 0 Å². The zero-order chi connectivity index (χ0) is 11.4. The number of aromatic nitrogens is 2. The van der Waals surface area contributed by atoms with Crippen molar-refractivity contribution in [2.75, 3.05) is 6.61 Å². The van der Waals surface area contributed by atoms with Crippen molar-refractivity contribution in [1.82, 2.24) is 9.55 Å². The lowest BCUT2D eigenvalue weighted by molar-refractivity contribution is -0.146. The number of H-pyrrole nitrogens is 1. The topological polar surface area (TPSA) is 81.2 Å². The lowest BCUT2D eigenvalue weighted by Crippen LogP contribution is -2.34. The zero-order valence-corrected chi connectivity index (χ0v) is 8.52. The first-order valence-corrected chi connectivity index (χ1v) is 4.54. The Morgan fingerprint density at radius 2 is 2.27 bits per heavy atom. The maximum absolute atomic E-state index is 11.3. The Labute approximate surface area is 85.5 Å². The summed E-state index contributed by atoms with van der Waals surface area (Å²) in [7, 11) is 0. The molecule has 6 nitrogen and oxygen atoms in total. The van der Waals surface area contributed by atoms with E-state index in [1.54, 1.807) is 6.92 Å². The van der Waals surface area contributed by atoms with Gasteiger partial charge in [0.1, 0.15) is 6.04 Å². The molecule has 0 saturated heterocycles. The zero-order valence-electron chi connectivity index (χ0n) is 8.52. The van der Waals surface area contributed by atoms with Crippen LogP contribution in [-0.2, 0) is 9.53 Å². The Morgan fingerprint density at radius 1 is 1.60 bits per heavy atom. The molecule has 6 heteroatoms. The highest BCUT2D eigenvalue weighted by Crippen LogP contribution is 2.02. The van der Waals surface area contributed by atoms with E-state index in [1.807, 2.05) is 0 Å². The minimum atomic E-state index is -0.741. The molecular weight excluding hydrogens is 200 g/mol. The van der Waals surface area contributed by atoms with E-state index in [-0.39, 0.29) is 6.61 Å². The Hall–Kier alpha value is -1.85. The van der Waals surface area contributed by atoms with Crippen LogP contribution in [0.25, 0.3) is 0 Å². The van der Waals surface area contributed by atoms with Gasteiger partial charge in [-0.1, -0.05) is 0 Å². The number of ether oxygens (including phenoxy) is 1. The Balaban J connectivity index is 3.01. The van der Waals surface area contributed by atoms with Gasteiger partial charge in [-0.05, 0) is 13.8 Å². The predicted octanol–water partition coefficient (Wildman–Crippen LogP) is -0.339. The molecule has 0 radical (unpaired) electrons. The quantitative estimate of drug-likeness (QED) is 0.695. The fourth-order valence-electron chi connectivity index (χ4n) is 1.11. The molecule has 0 aliphatic rings. The molecule has 0 fully saturated rings. The molecular formula is C9H12N2O4. The van der Waals surface area contributed by atoms with Gasteiger partial charge >= 0.3 is 11.7 Å². The van der Waals surface area contributed by atoms with Crippen LogP contribution < -0.4 is 11.2 Å². The van der Waals surface area contributed by atoms with Gasteiger partial charge in [0, 0.05) is 12.3 Å². The fraction of sp³-hybridized carbons (Fsp3) is 0.444. The van der Waals surface area contributed by atoms with E-state index in [9.17, 15) is 14.4 Å². The van der Waals surface area contributed by atoms with Crippen molar-refractivity contribution in [3.8, 4) is 0 Å². The number of aromatic amines is 1. The summed E-state index contributed by atoms with van der Waals surface area (Å²) in [5.41, 5.74) is -1.12. The Morgan fingerprint density at radius 3 is 2.80 bits per heavy atom. The Bertz CT molecular complexity index is 460. The summed E-state index contributed by atoms with van der Waals surface area (Å²) < 4.78 is 5.86. The van der Waals surface area contributed by atoms with Crippen molar-refractivity contribution >= 4 is 5.97 Å². The number of nitrogens with zero attached hydrogens (tertiary/aromatic N) is 1. The highest BCUT2D eigenvalue weighted by molar-refractivity contribution is 5.73. The van der Waals surface area contributed by atoms with Crippen LogP contribution in [-0.4, -0.2) is 22.1 Å². The van der Waals surface area contributed by atoms with Crippen molar-refractivity contribution in [3.63, 3.8) is 0 Å². The van der Waals surface area contributed by atoms with Gasteiger partial charge in [-0.15, -0.1) is 0 Å². The maximum Gasteiger partial charge on any atom is 0.329 e. The van der Waals surface area contributed by atoms with Crippen LogP contribution in [0.1, 0.15) is 19.9 Å². The summed E-state index contributed by atoms with van der Waals surface area (Å²) >= 11 is 0. The van der Waals surface area contributed by atoms with Gasteiger partial charge in [-0.2, -0.15) is 0 Å². The van der Waals surface area contributed by atoms with Crippen LogP contribution in [0.4, 0.5) is 0 Å². The van der Waals surface area contributed by atoms with Crippen molar-refractivity contribution in [3.05, 3.63) is 33.1 Å². The summed E-state index contributed by atoms with van der Waals surface area (Å²) in [6.07, 6.45) is 1.27. The molecule has 1 aromatic heterocycles. The summed E-state index contributed by atoms with van der Waals surface area (Å²) in [6.45, 7) is 3.46. The first-order chi connectivity index (χ1) is 7.06. The molecule has 0 aliphatic carbocycles. The molecule has 0 aromatic carbocycles. The van der Waals surface area contributed by atoms with Crippen LogP contribution >= 0.6 is 0 Å². The van der Waals surface area contributed by atoms with E-state index in [0.29, 0.717) is 0 Å². The number of hydrogen-bond donors (Lipinski definition) is 1. The summed E-state index contributed by atoms with van der Waals surface area (Å²) in [6, 6.07) is 0.436. The van der Waals surface area contributed by atoms with E-state index in [1.165, 1.54) is 19.2 Å². The number of esters is 1. The van der Waals surface area contributed by atoms with Gasteiger partial charge in [0.25, 0.3) is 5.56 Å². The molecule has 1 atom stereocenters. The van der Waals surface area contributed by atoms with Crippen LogP contribution in [0.15, 0.2) is 21.9 Å². The molecule has 1 aromatic rings. The summed E-state index contributed by atoms with van der Waals surface area (Å²) in [5.74, 6) is -0.508. The second-order valence-corrected chi connectivity index (χ2v) is 2.95. The van der Waals surface area contributed by atoms with Gasteiger partial charge in [-0.25, -0.2) is 9.59 Å². The van der Waals surface area contributed by atoms with Gasteiger partial charge in [0.05, 0.1) is 6.61 Å². The first kappa shape index (κ1) is 11.2. The molecule has 0 aliphatic heterocycles. The van der Waals surface area contributed by atoms with E-state index >= 15 is 0 Å². The third kappa shape index (κ3) is 2.55. The van der Waals surface area contributed by atoms with Crippen LogP contribution in [0.2, 0.25) is 0 Å². The second kappa shape index (κ2) is 4.59. The molecule has 82 valence electrons. The maximum atomic E-state index is 11.3. The smallest absolute Gasteiger partial charge is 0.329 e. The third-order valence-corrected chi connectivity index (χ3v) is 1.90. The van der Waals surface area contributed by atoms with Gasteiger partial charge in [0.2, 0.25) is 0 Å². The average molecular weight is 212 g/mol. The van der Waals surface area contributed by atoms with Gasteiger partial charge in [-0.3, -0.25) is 14.3 Å². The largest absolute Gasteiger partial charge is 0.464 e.